The maximum Gasteiger partial charge on any atom is 0.153 e. The molecule has 1 aromatic carbocycles. The molecule has 0 radical (unpaired) electrons. The predicted molar refractivity (Wildman–Crippen MR) is 106 cm³/mol. The fourth-order valence-electron chi connectivity index (χ4n) is 4.39. The minimum Gasteiger partial charge on any atom is -0.394 e. The first-order chi connectivity index (χ1) is 13.0. The summed E-state index contributed by atoms with van der Waals surface area (Å²) in [6, 6.07) is 5.73. The molecule has 0 amide bonds. The number of benzene rings is 1. The van der Waals surface area contributed by atoms with Crippen LogP contribution in [0.4, 0.5) is 15.9 Å². The summed E-state index contributed by atoms with van der Waals surface area (Å²) < 4.78 is 14.8. The van der Waals surface area contributed by atoms with Gasteiger partial charge in [-0.1, -0.05) is 19.1 Å². The number of anilines is 2. The number of nitrogens with one attached hydrogen (secondary N) is 1. The van der Waals surface area contributed by atoms with Crippen LogP contribution in [0.1, 0.15) is 48.3 Å². The number of halogens is 1. The van der Waals surface area contributed by atoms with Gasteiger partial charge in [0.25, 0.3) is 0 Å². The van der Waals surface area contributed by atoms with E-state index < -0.39 is 0 Å². The highest BCUT2D eigenvalue weighted by Gasteiger charge is 2.35. The van der Waals surface area contributed by atoms with Crippen molar-refractivity contribution in [1.29, 1.82) is 0 Å². The number of fused-ring (bicyclic) bond motifs is 3. The monoisotopic (exact) mass is 369 g/mol. The third-order valence-corrected chi connectivity index (χ3v) is 6.11. The molecule has 3 saturated heterocycles. The molecule has 0 saturated carbocycles. The summed E-state index contributed by atoms with van der Waals surface area (Å²) in [5.41, 5.74) is 9.12. The van der Waals surface area contributed by atoms with Gasteiger partial charge >= 0.3 is 0 Å². The molecular formula is C21H28FN5. The van der Waals surface area contributed by atoms with E-state index in [9.17, 15) is 4.39 Å². The smallest absolute Gasteiger partial charge is 0.153 e. The van der Waals surface area contributed by atoms with Crippen LogP contribution in [-0.4, -0.2) is 34.5 Å². The summed E-state index contributed by atoms with van der Waals surface area (Å²) in [6.07, 6.45) is 3.21. The number of piperidine rings is 3. The number of nitrogen functional groups attached to an aromatic ring is 1. The van der Waals surface area contributed by atoms with Gasteiger partial charge in [-0.25, -0.2) is 14.4 Å². The van der Waals surface area contributed by atoms with Gasteiger partial charge in [-0.15, -0.1) is 0 Å². The third kappa shape index (κ3) is 3.63. The van der Waals surface area contributed by atoms with E-state index >= 15 is 0 Å². The first kappa shape index (κ1) is 18.2. The van der Waals surface area contributed by atoms with Gasteiger partial charge < -0.3 is 16.0 Å². The lowest BCUT2D eigenvalue weighted by Gasteiger charge is -2.45. The molecule has 3 fully saturated rings. The van der Waals surface area contributed by atoms with Crippen LogP contribution >= 0.6 is 0 Å². The molecule has 6 heteroatoms. The number of aromatic nitrogens is 2. The van der Waals surface area contributed by atoms with Crippen molar-refractivity contribution in [3.05, 3.63) is 46.7 Å². The van der Waals surface area contributed by atoms with Crippen LogP contribution in [0.3, 0.4) is 0 Å². The van der Waals surface area contributed by atoms with Crippen molar-refractivity contribution in [2.24, 2.45) is 5.92 Å². The lowest BCUT2D eigenvalue weighted by atomic mass is 9.75. The average Bonchev–Trinajstić information content (AvgIpc) is 2.70. The van der Waals surface area contributed by atoms with Crippen LogP contribution < -0.4 is 11.1 Å². The minimum absolute atomic E-state index is 0.156. The fraction of sp³-hybridized carbons (Fsp3) is 0.524. The first-order valence-corrected chi connectivity index (χ1v) is 9.92. The third-order valence-electron chi connectivity index (χ3n) is 6.11. The molecule has 0 aliphatic carbocycles. The summed E-state index contributed by atoms with van der Waals surface area (Å²) in [5.74, 6) is 2.34. The Bertz CT molecular complexity index is 830. The second kappa shape index (κ2) is 7.43. The lowest BCUT2D eigenvalue weighted by Crippen LogP contribution is -2.46. The molecule has 1 atom stereocenters. The van der Waals surface area contributed by atoms with Gasteiger partial charge in [-0.2, -0.15) is 0 Å². The van der Waals surface area contributed by atoms with Crippen LogP contribution in [0.2, 0.25) is 0 Å². The molecule has 1 aromatic heterocycles. The van der Waals surface area contributed by atoms with Gasteiger partial charge in [0.2, 0.25) is 0 Å². The van der Waals surface area contributed by atoms with E-state index in [1.165, 1.54) is 25.9 Å². The molecule has 3 N–H and O–H groups in total. The van der Waals surface area contributed by atoms with Gasteiger partial charge in [-0.3, -0.25) is 0 Å². The number of hydrogen-bond donors (Lipinski definition) is 2. The Morgan fingerprint density at radius 3 is 2.67 bits per heavy atom. The Morgan fingerprint density at radius 2 is 2.04 bits per heavy atom. The number of nitrogens with two attached hydrogens (primary N) is 1. The Kier molecular flexibility index (Phi) is 5.00. The van der Waals surface area contributed by atoms with Crippen molar-refractivity contribution in [1.82, 2.24) is 14.9 Å². The maximum absolute atomic E-state index is 14.8. The highest BCUT2D eigenvalue weighted by atomic mass is 19.1. The molecule has 2 bridgehead atoms. The zero-order chi connectivity index (χ0) is 19.0. The van der Waals surface area contributed by atoms with E-state index in [2.05, 4.69) is 26.3 Å². The number of hydrogen-bond acceptors (Lipinski definition) is 5. The Labute approximate surface area is 160 Å². The molecular weight excluding hydrogens is 341 g/mol. The summed E-state index contributed by atoms with van der Waals surface area (Å²) >= 11 is 0. The highest BCUT2D eigenvalue weighted by Crippen LogP contribution is 2.39. The second-order valence-electron chi connectivity index (χ2n) is 7.79. The first-order valence-electron chi connectivity index (χ1n) is 9.92. The van der Waals surface area contributed by atoms with Crippen molar-refractivity contribution >= 4 is 11.5 Å². The summed E-state index contributed by atoms with van der Waals surface area (Å²) in [6.45, 7) is 7.69. The number of aryl methyl sites for hydroxylation is 2. The Morgan fingerprint density at radius 1 is 1.26 bits per heavy atom. The molecule has 5 nitrogen and oxygen atoms in total. The predicted octanol–water partition coefficient (Wildman–Crippen LogP) is 3.49. The minimum atomic E-state index is -0.156. The van der Waals surface area contributed by atoms with Crippen molar-refractivity contribution in [3.63, 3.8) is 0 Å². The van der Waals surface area contributed by atoms with Gasteiger partial charge in [0.05, 0.1) is 11.4 Å². The average molecular weight is 369 g/mol. The topological polar surface area (TPSA) is 67.1 Å². The van der Waals surface area contributed by atoms with E-state index in [0.717, 1.165) is 30.0 Å². The van der Waals surface area contributed by atoms with E-state index in [0.29, 0.717) is 35.4 Å². The van der Waals surface area contributed by atoms with E-state index in [1.807, 2.05) is 19.9 Å². The molecule has 3 aliphatic rings. The lowest BCUT2D eigenvalue weighted by molar-refractivity contribution is 0.0870. The van der Waals surface area contributed by atoms with Gasteiger partial charge in [0.15, 0.2) is 5.82 Å². The normalized spacial score (nSPS) is 24.2. The van der Waals surface area contributed by atoms with E-state index in [1.54, 1.807) is 6.07 Å². The zero-order valence-corrected chi connectivity index (χ0v) is 16.1. The zero-order valence-electron chi connectivity index (χ0n) is 16.1. The Balaban J connectivity index is 1.48. The molecule has 144 valence electrons. The number of rotatable bonds is 5. The quantitative estimate of drug-likeness (QED) is 0.844. The van der Waals surface area contributed by atoms with Crippen molar-refractivity contribution < 1.29 is 4.39 Å². The standard InChI is InChI=1S/C21H28FN5/c1-3-19-25-13(2)20(23)21(26-19)24-11-16-5-4-15(10-18(16)22)17-12-27-8-6-14(17)7-9-27/h4-5,10,14,17H,3,6-9,11-12,23H2,1-2H3,(H,24,25,26). The van der Waals surface area contributed by atoms with Crippen molar-refractivity contribution in [2.45, 2.75) is 45.6 Å². The summed E-state index contributed by atoms with van der Waals surface area (Å²) in [5, 5.41) is 3.19. The highest BCUT2D eigenvalue weighted by molar-refractivity contribution is 5.63. The summed E-state index contributed by atoms with van der Waals surface area (Å²) in [4.78, 5) is 11.3. The van der Waals surface area contributed by atoms with Crippen LogP contribution in [0.15, 0.2) is 18.2 Å². The SMILES string of the molecule is CCc1nc(C)c(N)c(NCc2ccc(C3CN4CCC3CC4)cc2F)n1. The maximum atomic E-state index is 14.8. The molecule has 1 unspecified atom stereocenters. The van der Waals surface area contributed by atoms with Crippen LogP contribution in [0, 0.1) is 18.7 Å². The molecule has 27 heavy (non-hydrogen) atoms. The van der Waals surface area contributed by atoms with Crippen molar-refractivity contribution in [3.8, 4) is 0 Å². The van der Waals surface area contributed by atoms with E-state index in [-0.39, 0.29) is 5.82 Å². The summed E-state index contributed by atoms with van der Waals surface area (Å²) in [7, 11) is 0. The Hall–Kier alpha value is -2.21. The van der Waals surface area contributed by atoms with Crippen molar-refractivity contribution in [2.75, 3.05) is 30.7 Å². The van der Waals surface area contributed by atoms with Crippen LogP contribution in [0.5, 0.6) is 0 Å². The van der Waals surface area contributed by atoms with Gasteiger partial charge in [-0.05, 0) is 56.3 Å². The molecule has 2 aromatic rings. The number of nitrogens with zero attached hydrogens (tertiary/aromatic N) is 3. The second-order valence-corrected chi connectivity index (χ2v) is 7.79. The molecule has 5 rings (SSSR count). The molecule has 4 heterocycles. The largest absolute Gasteiger partial charge is 0.394 e. The van der Waals surface area contributed by atoms with Gasteiger partial charge in [0, 0.05) is 25.1 Å². The van der Waals surface area contributed by atoms with Crippen LogP contribution in [-0.2, 0) is 13.0 Å². The van der Waals surface area contributed by atoms with Crippen LogP contribution in [0.25, 0.3) is 0 Å². The van der Waals surface area contributed by atoms with E-state index in [4.69, 9.17) is 5.73 Å². The molecule has 0 spiro atoms. The fourth-order valence-corrected chi connectivity index (χ4v) is 4.39. The molecule has 3 aliphatic heterocycles. The van der Waals surface area contributed by atoms with Gasteiger partial charge in [0.1, 0.15) is 11.6 Å².